The Labute approximate surface area is 188 Å². The predicted octanol–water partition coefficient (Wildman–Crippen LogP) is 3.66. The predicted molar refractivity (Wildman–Crippen MR) is 124 cm³/mol. The quantitative estimate of drug-likeness (QED) is 0.507. The number of halogens is 1. The van der Waals surface area contributed by atoms with E-state index in [4.69, 9.17) is 11.6 Å². The fraction of sp³-hybridized carbons (Fsp3) is 0.0833. The molecule has 1 N–H and O–H groups in total. The molecule has 7 nitrogen and oxygen atoms in total. The zero-order valence-electron chi connectivity index (χ0n) is 17.2. The minimum atomic E-state index is -0.768. The summed E-state index contributed by atoms with van der Waals surface area (Å²) in [5, 5.41) is 7.24. The molecule has 0 spiro atoms. The number of para-hydroxylation sites is 1. The first-order chi connectivity index (χ1) is 15.4. The van der Waals surface area contributed by atoms with Gasteiger partial charge in [0.15, 0.2) is 0 Å². The molecule has 8 heteroatoms. The molecule has 0 saturated heterocycles. The molecule has 0 saturated carbocycles. The highest BCUT2D eigenvalue weighted by Gasteiger charge is 2.20. The Morgan fingerprint density at radius 2 is 1.69 bits per heavy atom. The summed E-state index contributed by atoms with van der Waals surface area (Å²) in [7, 11) is 0. The van der Waals surface area contributed by atoms with Gasteiger partial charge in [0.1, 0.15) is 0 Å². The standard InChI is InChI=1S/C24H19ClN4O3/c1-16-6-5-7-17(14-16)15-28-23(31)21(22(30)26-19-8-3-2-4-9-19)27-29(24(28)32)20-12-10-18(25)11-13-20/h2-14H,15H2,1H3,(H,26,30). The van der Waals surface area contributed by atoms with Gasteiger partial charge < -0.3 is 5.32 Å². The lowest BCUT2D eigenvalue weighted by Crippen LogP contribution is -2.45. The summed E-state index contributed by atoms with van der Waals surface area (Å²) >= 11 is 5.96. The number of hydrogen-bond donors (Lipinski definition) is 1. The van der Waals surface area contributed by atoms with Crippen molar-refractivity contribution in [2.75, 3.05) is 5.32 Å². The van der Waals surface area contributed by atoms with E-state index in [0.29, 0.717) is 16.4 Å². The summed E-state index contributed by atoms with van der Waals surface area (Å²) in [5.41, 5.74) is 0.817. The number of benzene rings is 3. The summed E-state index contributed by atoms with van der Waals surface area (Å²) in [6, 6.07) is 22.6. The molecule has 0 aliphatic carbocycles. The Kier molecular flexibility index (Phi) is 6.00. The van der Waals surface area contributed by atoms with Crippen LogP contribution in [0.4, 0.5) is 5.69 Å². The summed E-state index contributed by atoms with van der Waals surface area (Å²) in [4.78, 5) is 39.3. The maximum Gasteiger partial charge on any atom is 0.352 e. The third kappa shape index (κ3) is 4.53. The lowest BCUT2D eigenvalue weighted by molar-refractivity contribution is 0.101. The lowest BCUT2D eigenvalue weighted by Gasteiger charge is -2.13. The van der Waals surface area contributed by atoms with Crippen LogP contribution in [0.3, 0.4) is 0 Å². The van der Waals surface area contributed by atoms with Crippen LogP contribution in [0.5, 0.6) is 0 Å². The van der Waals surface area contributed by atoms with E-state index in [-0.39, 0.29) is 6.54 Å². The molecule has 0 bridgehead atoms. The minimum Gasteiger partial charge on any atom is -0.320 e. The highest BCUT2D eigenvalue weighted by Crippen LogP contribution is 2.12. The van der Waals surface area contributed by atoms with Crippen molar-refractivity contribution >= 4 is 23.2 Å². The molecule has 4 aromatic rings. The van der Waals surface area contributed by atoms with Crippen LogP contribution in [-0.4, -0.2) is 20.3 Å². The van der Waals surface area contributed by atoms with Crippen LogP contribution in [0.2, 0.25) is 5.02 Å². The van der Waals surface area contributed by atoms with Gasteiger partial charge in [0, 0.05) is 10.7 Å². The maximum absolute atomic E-state index is 13.2. The Hall–Kier alpha value is -3.97. The van der Waals surface area contributed by atoms with Crippen LogP contribution in [0.25, 0.3) is 5.69 Å². The van der Waals surface area contributed by atoms with E-state index in [2.05, 4.69) is 10.4 Å². The molecule has 1 amide bonds. The van der Waals surface area contributed by atoms with E-state index in [0.717, 1.165) is 20.4 Å². The summed E-state index contributed by atoms with van der Waals surface area (Å²) < 4.78 is 2.05. The van der Waals surface area contributed by atoms with E-state index in [1.807, 2.05) is 37.3 Å². The Bertz CT molecular complexity index is 1390. The number of aromatic nitrogens is 3. The zero-order chi connectivity index (χ0) is 22.7. The first-order valence-corrected chi connectivity index (χ1v) is 10.2. The molecule has 0 atom stereocenters. The number of hydrogen-bond acceptors (Lipinski definition) is 4. The maximum atomic E-state index is 13.2. The van der Waals surface area contributed by atoms with Gasteiger partial charge in [0.25, 0.3) is 11.5 Å². The average Bonchev–Trinajstić information content (AvgIpc) is 2.78. The van der Waals surface area contributed by atoms with E-state index < -0.39 is 22.9 Å². The van der Waals surface area contributed by atoms with Crippen LogP contribution >= 0.6 is 11.6 Å². The molecule has 1 heterocycles. The Balaban J connectivity index is 1.86. The number of carbonyl (C=O) groups is 1. The van der Waals surface area contributed by atoms with Gasteiger partial charge >= 0.3 is 5.69 Å². The molecular weight excluding hydrogens is 428 g/mol. The van der Waals surface area contributed by atoms with E-state index >= 15 is 0 Å². The second-order valence-electron chi connectivity index (χ2n) is 7.22. The van der Waals surface area contributed by atoms with E-state index in [1.165, 1.54) is 0 Å². The van der Waals surface area contributed by atoms with Crippen molar-refractivity contribution in [3.63, 3.8) is 0 Å². The van der Waals surface area contributed by atoms with Crippen molar-refractivity contribution in [3.8, 4) is 5.69 Å². The van der Waals surface area contributed by atoms with Crippen LogP contribution < -0.4 is 16.6 Å². The topological polar surface area (TPSA) is 86.0 Å². The molecule has 0 aliphatic heterocycles. The zero-order valence-corrected chi connectivity index (χ0v) is 17.9. The third-order valence-corrected chi connectivity index (χ3v) is 5.05. The van der Waals surface area contributed by atoms with Gasteiger partial charge in [-0.15, -0.1) is 0 Å². The van der Waals surface area contributed by atoms with Crippen LogP contribution in [0.15, 0.2) is 88.5 Å². The van der Waals surface area contributed by atoms with Crippen molar-refractivity contribution in [3.05, 3.63) is 122 Å². The number of aryl methyl sites for hydroxylation is 1. The SMILES string of the molecule is Cc1cccc(Cn2c(=O)c(C(=O)Nc3ccccc3)nn(-c3ccc(Cl)cc3)c2=O)c1. The average molecular weight is 447 g/mol. The molecule has 4 rings (SSSR count). The largest absolute Gasteiger partial charge is 0.352 e. The van der Waals surface area contributed by atoms with Gasteiger partial charge in [-0.2, -0.15) is 9.78 Å². The summed E-state index contributed by atoms with van der Waals surface area (Å²) in [5.74, 6) is -0.707. The molecule has 3 aromatic carbocycles. The van der Waals surface area contributed by atoms with Crippen molar-refractivity contribution in [1.29, 1.82) is 0 Å². The highest BCUT2D eigenvalue weighted by molar-refractivity contribution is 6.30. The summed E-state index contributed by atoms with van der Waals surface area (Å²) in [6.45, 7) is 1.92. The number of carbonyl (C=O) groups excluding carboxylic acids is 1. The van der Waals surface area contributed by atoms with Crippen LogP contribution in [0, 0.1) is 6.92 Å². The Morgan fingerprint density at radius 1 is 0.969 bits per heavy atom. The third-order valence-electron chi connectivity index (χ3n) is 4.80. The molecule has 1 aromatic heterocycles. The van der Waals surface area contributed by atoms with Crippen molar-refractivity contribution in [2.45, 2.75) is 13.5 Å². The lowest BCUT2D eigenvalue weighted by atomic mass is 10.1. The van der Waals surface area contributed by atoms with Gasteiger partial charge in [-0.05, 0) is 48.9 Å². The van der Waals surface area contributed by atoms with Gasteiger partial charge in [-0.1, -0.05) is 59.6 Å². The van der Waals surface area contributed by atoms with Crippen molar-refractivity contribution in [1.82, 2.24) is 14.3 Å². The van der Waals surface area contributed by atoms with Gasteiger partial charge in [0.05, 0.1) is 12.2 Å². The molecule has 0 fully saturated rings. The molecule has 0 aliphatic rings. The molecule has 0 radical (unpaired) electrons. The number of anilines is 1. The van der Waals surface area contributed by atoms with E-state index in [1.54, 1.807) is 48.5 Å². The second kappa shape index (κ2) is 9.03. The molecule has 0 unspecified atom stereocenters. The highest BCUT2D eigenvalue weighted by atomic mass is 35.5. The second-order valence-corrected chi connectivity index (χ2v) is 7.66. The summed E-state index contributed by atoms with van der Waals surface area (Å²) in [6.07, 6.45) is 0. The molecule has 160 valence electrons. The fourth-order valence-corrected chi connectivity index (χ4v) is 3.38. The van der Waals surface area contributed by atoms with Gasteiger partial charge in [0.2, 0.25) is 5.69 Å². The Morgan fingerprint density at radius 3 is 2.38 bits per heavy atom. The van der Waals surface area contributed by atoms with Crippen LogP contribution in [0.1, 0.15) is 21.6 Å². The molecule has 32 heavy (non-hydrogen) atoms. The first kappa shape index (κ1) is 21.3. The number of nitrogens with zero attached hydrogens (tertiary/aromatic N) is 3. The van der Waals surface area contributed by atoms with Gasteiger partial charge in [-0.3, -0.25) is 14.2 Å². The minimum absolute atomic E-state index is 0.00106. The van der Waals surface area contributed by atoms with Gasteiger partial charge in [-0.25, -0.2) is 4.79 Å². The monoisotopic (exact) mass is 446 g/mol. The van der Waals surface area contributed by atoms with Crippen LogP contribution in [-0.2, 0) is 6.54 Å². The molecular formula is C24H19ClN4O3. The number of amides is 1. The van der Waals surface area contributed by atoms with Crippen molar-refractivity contribution in [2.24, 2.45) is 0 Å². The number of rotatable bonds is 5. The smallest absolute Gasteiger partial charge is 0.320 e. The fourth-order valence-electron chi connectivity index (χ4n) is 3.25. The van der Waals surface area contributed by atoms with E-state index in [9.17, 15) is 14.4 Å². The number of nitrogens with one attached hydrogen (secondary N) is 1. The van der Waals surface area contributed by atoms with Crippen molar-refractivity contribution < 1.29 is 4.79 Å². The normalized spacial score (nSPS) is 10.7. The first-order valence-electron chi connectivity index (χ1n) is 9.84.